The van der Waals surface area contributed by atoms with Crippen LogP contribution in [0.2, 0.25) is 0 Å². The Morgan fingerprint density at radius 3 is 2.35 bits per heavy atom. The van der Waals surface area contributed by atoms with Crippen LogP contribution in [0.25, 0.3) is 11.1 Å². The highest BCUT2D eigenvalue weighted by atomic mass is 16.6. The Morgan fingerprint density at radius 1 is 1.19 bits per heavy atom. The van der Waals surface area contributed by atoms with E-state index in [1.807, 2.05) is 27.0 Å². The number of aryl methyl sites for hydroxylation is 1. The van der Waals surface area contributed by atoms with E-state index >= 15 is 0 Å². The molecule has 2 heterocycles. The molecule has 0 saturated carbocycles. The van der Waals surface area contributed by atoms with Crippen molar-refractivity contribution in [1.82, 2.24) is 14.8 Å². The lowest BCUT2D eigenvalue weighted by Crippen LogP contribution is -2.27. The zero-order valence-corrected chi connectivity index (χ0v) is 16.6. The fourth-order valence-electron chi connectivity index (χ4n) is 2.10. The van der Waals surface area contributed by atoms with Crippen molar-refractivity contribution in [2.45, 2.75) is 60.6 Å². The molecule has 1 N–H and O–H groups in total. The van der Waals surface area contributed by atoms with Crippen LogP contribution in [0.1, 0.15) is 59.0 Å². The molecule has 0 fully saturated rings. The summed E-state index contributed by atoms with van der Waals surface area (Å²) in [5.74, 6) is -0.239. The van der Waals surface area contributed by atoms with E-state index in [0.29, 0.717) is 5.69 Å². The second-order valence-electron chi connectivity index (χ2n) is 6.39. The molecular weight excluding hydrogens is 332 g/mol. The van der Waals surface area contributed by atoms with Crippen molar-refractivity contribution in [3.8, 4) is 11.1 Å². The quantitative estimate of drug-likeness (QED) is 0.809. The number of rotatable bonds is 4. The van der Waals surface area contributed by atoms with Gasteiger partial charge in [-0.25, -0.2) is 4.79 Å². The number of nitrogens with one attached hydrogen (secondary N) is 1. The lowest BCUT2D eigenvalue weighted by Gasteiger charge is -2.20. The lowest BCUT2D eigenvalue weighted by atomic mass is 10.1. The van der Waals surface area contributed by atoms with E-state index in [1.165, 1.54) is 6.92 Å². The second-order valence-corrected chi connectivity index (χ2v) is 6.39. The van der Waals surface area contributed by atoms with Gasteiger partial charge in [0.05, 0.1) is 11.9 Å². The molecule has 2 aromatic heterocycles. The van der Waals surface area contributed by atoms with Crippen molar-refractivity contribution in [2.24, 2.45) is 0 Å². The summed E-state index contributed by atoms with van der Waals surface area (Å²) in [6, 6.07) is 1.70. The number of aromatic nitrogens is 3. The van der Waals surface area contributed by atoms with Gasteiger partial charge in [0.1, 0.15) is 11.3 Å². The summed E-state index contributed by atoms with van der Waals surface area (Å²) in [5.41, 5.74) is 1.48. The smallest absolute Gasteiger partial charge is 0.412 e. The van der Waals surface area contributed by atoms with Crippen LogP contribution in [-0.2, 0) is 11.3 Å². The van der Waals surface area contributed by atoms with Crippen LogP contribution in [0.5, 0.6) is 0 Å². The molecule has 7 nitrogen and oxygen atoms in total. The van der Waals surface area contributed by atoms with Crippen molar-refractivity contribution in [1.29, 1.82) is 0 Å². The minimum absolute atomic E-state index is 0.187. The van der Waals surface area contributed by atoms with E-state index in [2.05, 4.69) is 15.4 Å². The Morgan fingerprint density at radius 2 is 1.85 bits per heavy atom. The third kappa shape index (κ3) is 5.98. The summed E-state index contributed by atoms with van der Waals surface area (Å²) in [7, 11) is 0. The highest BCUT2D eigenvalue weighted by Gasteiger charge is 2.19. The molecule has 142 valence electrons. The molecule has 0 radical (unpaired) electrons. The first kappa shape index (κ1) is 21.3. The van der Waals surface area contributed by atoms with Gasteiger partial charge in [0, 0.05) is 37.0 Å². The Labute approximate surface area is 154 Å². The van der Waals surface area contributed by atoms with Crippen LogP contribution in [0.15, 0.2) is 24.7 Å². The van der Waals surface area contributed by atoms with Crippen LogP contribution in [0.3, 0.4) is 0 Å². The third-order valence-electron chi connectivity index (χ3n) is 3.15. The predicted molar refractivity (Wildman–Crippen MR) is 102 cm³/mol. The molecule has 26 heavy (non-hydrogen) atoms. The van der Waals surface area contributed by atoms with Crippen LogP contribution >= 0.6 is 0 Å². The number of amides is 1. The van der Waals surface area contributed by atoms with E-state index in [-0.39, 0.29) is 11.5 Å². The molecule has 2 aromatic rings. The molecule has 0 aromatic carbocycles. The number of ketones is 1. The number of hydrogen-bond acceptors (Lipinski definition) is 5. The maximum atomic E-state index is 12.0. The lowest BCUT2D eigenvalue weighted by molar-refractivity contribution is 0.0636. The normalized spacial score (nSPS) is 10.6. The third-order valence-corrected chi connectivity index (χ3v) is 3.15. The molecule has 0 unspecified atom stereocenters. The van der Waals surface area contributed by atoms with Crippen LogP contribution in [0, 0.1) is 0 Å². The maximum absolute atomic E-state index is 12.0. The number of carbonyl (C=O) groups excluding carboxylic acids is 2. The highest BCUT2D eigenvalue weighted by Crippen LogP contribution is 2.24. The van der Waals surface area contributed by atoms with Crippen molar-refractivity contribution >= 4 is 17.6 Å². The number of anilines is 1. The maximum Gasteiger partial charge on any atom is 0.412 e. The van der Waals surface area contributed by atoms with Gasteiger partial charge in [0.15, 0.2) is 5.78 Å². The number of pyridine rings is 1. The number of ether oxygens (including phenoxy) is 1. The second kappa shape index (κ2) is 9.12. The first-order valence-electron chi connectivity index (χ1n) is 8.73. The summed E-state index contributed by atoms with van der Waals surface area (Å²) in [6.45, 7) is 13.5. The SMILES string of the molecule is CC.CCn1cc(-c2cnc(C(C)=O)c(NC(=O)OC(C)(C)C)c2)cn1. The zero-order chi connectivity index (χ0) is 19.9. The monoisotopic (exact) mass is 360 g/mol. The number of carbonyl (C=O) groups is 2. The number of nitrogens with zero attached hydrogens (tertiary/aromatic N) is 3. The fraction of sp³-hybridized carbons (Fsp3) is 0.474. The summed E-state index contributed by atoms with van der Waals surface area (Å²) in [6.07, 6.45) is 4.55. The molecule has 0 saturated heterocycles. The van der Waals surface area contributed by atoms with Gasteiger partial charge in [-0.2, -0.15) is 5.10 Å². The minimum Gasteiger partial charge on any atom is -0.444 e. The molecule has 0 spiro atoms. The average Bonchev–Trinajstić information content (AvgIpc) is 3.03. The molecule has 2 rings (SSSR count). The molecule has 7 heteroatoms. The van der Waals surface area contributed by atoms with E-state index in [9.17, 15) is 9.59 Å². The molecule has 0 atom stereocenters. The van der Waals surface area contributed by atoms with Crippen LogP contribution in [0.4, 0.5) is 10.5 Å². The van der Waals surface area contributed by atoms with Crippen molar-refractivity contribution < 1.29 is 14.3 Å². The zero-order valence-electron chi connectivity index (χ0n) is 16.6. The van der Waals surface area contributed by atoms with Gasteiger partial charge in [0.2, 0.25) is 0 Å². The van der Waals surface area contributed by atoms with Crippen molar-refractivity contribution in [2.75, 3.05) is 5.32 Å². The largest absolute Gasteiger partial charge is 0.444 e. The molecule has 0 aliphatic carbocycles. The Hall–Kier alpha value is -2.70. The minimum atomic E-state index is -0.631. The van der Waals surface area contributed by atoms with Crippen LogP contribution in [-0.4, -0.2) is 32.2 Å². The molecule has 0 bridgehead atoms. The van der Waals surface area contributed by atoms with Crippen molar-refractivity contribution in [3.05, 3.63) is 30.4 Å². The summed E-state index contributed by atoms with van der Waals surface area (Å²) >= 11 is 0. The standard InChI is InChI=1S/C17H22N4O3.C2H6/c1-6-21-10-13(9-19-21)12-7-14(15(11(2)22)18-8-12)20-16(23)24-17(3,4)5;1-2/h7-10H,6H2,1-5H3,(H,20,23);1-2H3. The van der Waals surface area contributed by atoms with Gasteiger partial charge in [-0.3, -0.25) is 19.8 Å². The van der Waals surface area contributed by atoms with E-state index in [1.54, 1.807) is 43.9 Å². The molecule has 0 aliphatic rings. The Balaban J connectivity index is 0.00000163. The molecule has 1 amide bonds. The summed E-state index contributed by atoms with van der Waals surface area (Å²) < 4.78 is 7.02. The first-order valence-corrected chi connectivity index (χ1v) is 8.73. The fourth-order valence-corrected chi connectivity index (χ4v) is 2.10. The van der Waals surface area contributed by atoms with Gasteiger partial charge < -0.3 is 4.74 Å². The van der Waals surface area contributed by atoms with Crippen molar-refractivity contribution in [3.63, 3.8) is 0 Å². The summed E-state index contributed by atoms with van der Waals surface area (Å²) in [5, 5.41) is 6.83. The van der Waals surface area contributed by atoms with E-state index in [4.69, 9.17) is 4.74 Å². The molecule has 0 aliphatic heterocycles. The average molecular weight is 360 g/mol. The number of hydrogen-bond donors (Lipinski definition) is 1. The number of Topliss-reactive ketones (excluding diaryl/α,β-unsaturated/α-hetero) is 1. The van der Waals surface area contributed by atoms with Gasteiger partial charge in [-0.15, -0.1) is 0 Å². The topological polar surface area (TPSA) is 86.1 Å². The van der Waals surface area contributed by atoms with E-state index < -0.39 is 11.7 Å². The first-order chi connectivity index (χ1) is 12.2. The van der Waals surface area contributed by atoms with Gasteiger partial charge in [-0.05, 0) is 33.8 Å². The van der Waals surface area contributed by atoms with E-state index in [0.717, 1.165) is 17.7 Å². The highest BCUT2D eigenvalue weighted by molar-refractivity contribution is 6.01. The Bertz CT molecular complexity index is 760. The van der Waals surface area contributed by atoms with Gasteiger partial charge >= 0.3 is 6.09 Å². The Kier molecular flexibility index (Phi) is 7.49. The predicted octanol–water partition coefficient (Wildman–Crippen LogP) is 4.54. The van der Waals surface area contributed by atoms with Gasteiger partial charge in [0.25, 0.3) is 0 Å². The molecular formula is C19H28N4O3. The van der Waals surface area contributed by atoms with Crippen LogP contribution < -0.4 is 5.32 Å². The van der Waals surface area contributed by atoms with Gasteiger partial charge in [-0.1, -0.05) is 13.8 Å². The summed E-state index contributed by atoms with van der Waals surface area (Å²) in [4.78, 5) is 28.0.